The van der Waals surface area contributed by atoms with Crippen LogP contribution < -0.4 is 10.3 Å². The molecule has 132 valence electrons. The van der Waals surface area contributed by atoms with E-state index in [-0.39, 0.29) is 11.8 Å². The summed E-state index contributed by atoms with van der Waals surface area (Å²) in [6.07, 6.45) is 7.69. The van der Waals surface area contributed by atoms with Crippen molar-refractivity contribution in [2.75, 3.05) is 18.0 Å². The van der Waals surface area contributed by atoms with Crippen molar-refractivity contribution in [3.05, 3.63) is 29.8 Å². The van der Waals surface area contributed by atoms with Crippen molar-refractivity contribution >= 4 is 17.8 Å². The van der Waals surface area contributed by atoms with Gasteiger partial charge in [0.1, 0.15) is 0 Å². The third kappa shape index (κ3) is 5.36. The molecule has 2 rings (SSSR count). The van der Waals surface area contributed by atoms with Crippen LogP contribution in [0.2, 0.25) is 0 Å². The predicted molar refractivity (Wildman–Crippen MR) is 101 cm³/mol. The second kappa shape index (κ2) is 9.45. The summed E-state index contributed by atoms with van der Waals surface area (Å²) >= 11 is 0. The first-order valence-corrected chi connectivity index (χ1v) is 9.37. The van der Waals surface area contributed by atoms with E-state index in [1.54, 1.807) is 6.21 Å². The highest BCUT2D eigenvalue weighted by atomic mass is 16.2. The predicted octanol–water partition coefficient (Wildman–Crippen LogP) is 4.20. The molecular weight excluding hydrogens is 298 g/mol. The van der Waals surface area contributed by atoms with Gasteiger partial charge in [-0.05, 0) is 50.3 Å². The maximum absolute atomic E-state index is 12.0. The van der Waals surface area contributed by atoms with Crippen molar-refractivity contribution in [2.45, 2.75) is 52.9 Å². The molecule has 1 aliphatic rings. The van der Waals surface area contributed by atoms with Crippen LogP contribution in [-0.2, 0) is 4.79 Å². The van der Waals surface area contributed by atoms with Crippen LogP contribution in [0.1, 0.15) is 58.4 Å². The maximum atomic E-state index is 12.0. The molecule has 1 N–H and O–H groups in total. The van der Waals surface area contributed by atoms with Crippen LogP contribution in [0.15, 0.2) is 29.4 Å². The minimum atomic E-state index is 0.0764. The van der Waals surface area contributed by atoms with Crippen molar-refractivity contribution in [2.24, 2.45) is 16.9 Å². The largest absolute Gasteiger partial charge is 0.372 e. The molecule has 0 aliphatic heterocycles. The SMILES string of the molecule is CCCCC[C@@H]1C[C@@H]1C(=O)N/N=C\c1ccc(N(CC)CC)cc1. The Balaban J connectivity index is 1.75. The van der Waals surface area contributed by atoms with E-state index in [1.807, 2.05) is 12.1 Å². The molecule has 1 aromatic rings. The van der Waals surface area contributed by atoms with Crippen molar-refractivity contribution in [1.82, 2.24) is 5.43 Å². The Morgan fingerprint density at radius 2 is 1.92 bits per heavy atom. The lowest BCUT2D eigenvalue weighted by Gasteiger charge is -2.20. The van der Waals surface area contributed by atoms with Gasteiger partial charge in [-0.25, -0.2) is 5.43 Å². The molecule has 1 aromatic carbocycles. The number of nitrogens with one attached hydrogen (secondary N) is 1. The number of nitrogens with zero attached hydrogens (tertiary/aromatic N) is 2. The summed E-state index contributed by atoms with van der Waals surface area (Å²) in [6, 6.07) is 8.27. The molecule has 0 radical (unpaired) electrons. The monoisotopic (exact) mass is 329 g/mol. The summed E-state index contributed by atoms with van der Waals surface area (Å²) in [5.74, 6) is 0.844. The van der Waals surface area contributed by atoms with Crippen LogP contribution in [0.4, 0.5) is 5.69 Å². The van der Waals surface area contributed by atoms with E-state index in [9.17, 15) is 4.79 Å². The number of rotatable bonds is 10. The number of benzene rings is 1. The number of unbranched alkanes of at least 4 members (excludes halogenated alkanes) is 2. The summed E-state index contributed by atoms with van der Waals surface area (Å²) in [7, 11) is 0. The van der Waals surface area contributed by atoms with Crippen LogP contribution in [-0.4, -0.2) is 25.2 Å². The van der Waals surface area contributed by atoms with Crippen LogP contribution in [0.5, 0.6) is 0 Å². The molecule has 0 bridgehead atoms. The Labute approximate surface area is 146 Å². The zero-order valence-corrected chi connectivity index (χ0v) is 15.3. The van der Waals surface area contributed by atoms with Crippen LogP contribution in [0, 0.1) is 11.8 Å². The fourth-order valence-corrected chi connectivity index (χ4v) is 3.16. The molecule has 24 heavy (non-hydrogen) atoms. The summed E-state index contributed by atoms with van der Waals surface area (Å²) in [6.45, 7) is 8.52. The summed E-state index contributed by atoms with van der Waals surface area (Å²) in [4.78, 5) is 14.3. The van der Waals surface area contributed by atoms with E-state index >= 15 is 0 Å². The van der Waals surface area contributed by atoms with Gasteiger partial charge in [0.25, 0.3) is 0 Å². The number of hydrogen-bond acceptors (Lipinski definition) is 3. The van der Waals surface area contributed by atoms with E-state index in [0.29, 0.717) is 5.92 Å². The van der Waals surface area contributed by atoms with Crippen LogP contribution in [0.3, 0.4) is 0 Å². The number of hydrazone groups is 1. The van der Waals surface area contributed by atoms with Gasteiger partial charge in [-0.1, -0.05) is 38.3 Å². The first-order chi connectivity index (χ1) is 11.7. The van der Waals surface area contributed by atoms with Crippen molar-refractivity contribution in [3.8, 4) is 0 Å². The molecule has 0 aromatic heterocycles. The van der Waals surface area contributed by atoms with Gasteiger partial charge in [0.15, 0.2) is 0 Å². The normalized spacial score (nSPS) is 19.5. The van der Waals surface area contributed by atoms with E-state index in [4.69, 9.17) is 0 Å². The second-order valence-electron chi connectivity index (χ2n) is 6.60. The number of carbonyl (C=O) groups is 1. The first-order valence-electron chi connectivity index (χ1n) is 9.37. The van der Waals surface area contributed by atoms with Gasteiger partial charge in [0, 0.05) is 24.7 Å². The van der Waals surface area contributed by atoms with Gasteiger partial charge < -0.3 is 4.90 Å². The molecular formula is C20H31N3O. The molecule has 1 aliphatic carbocycles. The Bertz CT molecular complexity index is 534. The highest BCUT2D eigenvalue weighted by Gasteiger charge is 2.41. The average Bonchev–Trinajstić information content (AvgIpc) is 3.37. The molecule has 0 unspecified atom stereocenters. The zero-order chi connectivity index (χ0) is 17.4. The van der Waals surface area contributed by atoms with Gasteiger partial charge in [-0.2, -0.15) is 5.10 Å². The summed E-state index contributed by atoms with van der Waals surface area (Å²) in [5.41, 5.74) is 4.91. The molecule has 1 fully saturated rings. The first kappa shape index (κ1) is 18.5. The molecule has 1 saturated carbocycles. The quantitative estimate of drug-likeness (QED) is 0.397. The third-order valence-electron chi connectivity index (χ3n) is 4.85. The van der Waals surface area contributed by atoms with E-state index in [2.05, 4.69) is 48.3 Å². The van der Waals surface area contributed by atoms with Gasteiger partial charge in [-0.3, -0.25) is 4.79 Å². The molecule has 2 atom stereocenters. The number of carbonyl (C=O) groups excluding carboxylic acids is 1. The molecule has 4 heteroatoms. The number of anilines is 1. The fraction of sp³-hybridized carbons (Fsp3) is 0.600. The van der Waals surface area contributed by atoms with Crippen LogP contribution in [0.25, 0.3) is 0 Å². The van der Waals surface area contributed by atoms with E-state index in [0.717, 1.165) is 25.1 Å². The molecule has 0 spiro atoms. The number of amides is 1. The van der Waals surface area contributed by atoms with Crippen molar-refractivity contribution in [3.63, 3.8) is 0 Å². The van der Waals surface area contributed by atoms with Gasteiger partial charge >= 0.3 is 0 Å². The van der Waals surface area contributed by atoms with Crippen molar-refractivity contribution < 1.29 is 4.79 Å². The second-order valence-corrected chi connectivity index (χ2v) is 6.60. The smallest absolute Gasteiger partial charge is 0.243 e. The third-order valence-corrected chi connectivity index (χ3v) is 4.85. The van der Waals surface area contributed by atoms with Crippen LogP contribution >= 0.6 is 0 Å². The Morgan fingerprint density at radius 3 is 2.54 bits per heavy atom. The van der Waals surface area contributed by atoms with Gasteiger partial charge in [0.2, 0.25) is 5.91 Å². The minimum absolute atomic E-state index is 0.0764. The molecule has 0 saturated heterocycles. The average molecular weight is 329 g/mol. The lowest BCUT2D eigenvalue weighted by atomic mass is 10.1. The lowest BCUT2D eigenvalue weighted by Crippen LogP contribution is -2.21. The highest BCUT2D eigenvalue weighted by molar-refractivity contribution is 5.85. The Hall–Kier alpha value is -1.84. The maximum Gasteiger partial charge on any atom is 0.243 e. The minimum Gasteiger partial charge on any atom is -0.372 e. The lowest BCUT2D eigenvalue weighted by molar-refractivity contribution is -0.122. The zero-order valence-electron chi connectivity index (χ0n) is 15.3. The Kier molecular flexibility index (Phi) is 7.29. The molecule has 4 nitrogen and oxygen atoms in total. The summed E-state index contributed by atoms with van der Waals surface area (Å²) in [5, 5.41) is 4.11. The van der Waals surface area contributed by atoms with Gasteiger partial charge in [-0.15, -0.1) is 0 Å². The molecule has 1 amide bonds. The standard InChI is InChI=1S/C20H31N3O/c1-4-7-8-9-17-14-19(17)20(24)22-21-15-16-10-12-18(13-11-16)23(5-2)6-3/h10-13,15,17,19H,4-9,14H2,1-3H3,(H,22,24)/b21-15-/t17-,19+/m1/s1. The van der Waals surface area contributed by atoms with E-state index in [1.165, 1.54) is 31.4 Å². The topological polar surface area (TPSA) is 44.7 Å². The summed E-state index contributed by atoms with van der Waals surface area (Å²) < 4.78 is 0. The highest BCUT2D eigenvalue weighted by Crippen LogP contribution is 2.42. The van der Waals surface area contributed by atoms with Crippen molar-refractivity contribution in [1.29, 1.82) is 0 Å². The molecule has 0 heterocycles. The Morgan fingerprint density at radius 1 is 1.21 bits per heavy atom. The van der Waals surface area contributed by atoms with E-state index < -0.39 is 0 Å². The van der Waals surface area contributed by atoms with Gasteiger partial charge in [0.05, 0.1) is 6.21 Å². The fourth-order valence-electron chi connectivity index (χ4n) is 3.16. The number of hydrogen-bond donors (Lipinski definition) is 1.